The summed E-state index contributed by atoms with van der Waals surface area (Å²) in [6.07, 6.45) is 1.81. The van der Waals surface area contributed by atoms with Crippen LogP contribution in [0.2, 0.25) is 0 Å². The van der Waals surface area contributed by atoms with Crippen molar-refractivity contribution in [1.82, 2.24) is 19.3 Å². The highest BCUT2D eigenvalue weighted by molar-refractivity contribution is 7.89. The molecule has 0 spiro atoms. The summed E-state index contributed by atoms with van der Waals surface area (Å²) in [5.74, 6) is -0.0398. The summed E-state index contributed by atoms with van der Waals surface area (Å²) in [5, 5.41) is 10.9. The fourth-order valence-electron chi connectivity index (χ4n) is 2.11. The van der Waals surface area contributed by atoms with Gasteiger partial charge in [-0.15, -0.1) is 10.2 Å². The molecule has 2 aromatic heterocycles. The molecule has 0 aliphatic rings. The molecule has 3 rings (SSSR count). The molecule has 0 unspecified atom stereocenters. The number of benzene rings is 1. The molecule has 3 aromatic rings. The van der Waals surface area contributed by atoms with E-state index in [1.54, 1.807) is 4.40 Å². The summed E-state index contributed by atoms with van der Waals surface area (Å²) >= 11 is 0. The van der Waals surface area contributed by atoms with Crippen LogP contribution in [0.25, 0.3) is 5.65 Å². The number of hydrogen-bond donors (Lipinski definition) is 2. The van der Waals surface area contributed by atoms with Crippen LogP contribution in [0, 0.1) is 5.82 Å². The number of hydrogen-bond acceptors (Lipinski definition) is 5. The highest BCUT2D eigenvalue weighted by Crippen LogP contribution is 2.19. The zero-order valence-electron chi connectivity index (χ0n) is 12.2. The van der Waals surface area contributed by atoms with E-state index in [-0.39, 0.29) is 17.1 Å². The topological polar surface area (TPSA) is 88.4 Å². The minimum absolute atomic E-state index is 0.129. The molecule has 0 fully saturated rings. The van der Waals surface area contributed by atoms with Crippen molar-refractivity contribution in [3.63, 3.8) is 0 Å². The summed E-state index contributed by atoms with van der Waals surface area (Å²) in [6, 6.07) is 9.19. The van der Waals surface area contributed by atoms with Crippen LogP contribution < -0.4 is 10.0 Å². The zero-order valence-corrected chi connectivity index (χ0v) is 13.0. The molecule has 0 aliphatic carbocycles. The number of fused-ring (bicyclic) bond motifs is 1. The minimum atomic E-state index is -3.67. The summed E-state index contributed by atoms with van der Waals surface area (Å²) in [5.41, 5.74) is 0.882. The van der Waals surface area contributed by atoms with Gasteiger partial charge in [-0.3, -0.25) is 4.40 Å². The van der Waals surface area contributed by atoms with Crippen molar-refractivity contribution in [2.24, 2.45) is 0 Å². The van der Waals surface area contributed by atoms with Gasteiger partial charge in [-0.1, -0.05) is 6.07 Å². The lowest BCUT2D eigenvalue weighted by atomic mass is 10.3. The molecule has 0 bridgehead atoms. The first-order valence-corrected chi connectivity index (χ1v) is 8.25. The average Bonchev–Trinajstić information content (AvgIpc) is 2.97. The van der Waals surface area contributed by atoms with Crippen LogP contribution in [0.1, 0.15) is 5.82 Å². The first-order chi connectivity index (χ1) is 11.0. The van der Waals surface area contributed by atoms with Gasteiger partial charge in [-0.25, -0.2) is 17.5 Å². The van der Waals surface area contributed by atoms with Gasteiger partial charge in [0, 0.05) is 6.20 Å². The zero-order chi connectivity index (χ0) is 16.4. The highest BCUT2D eigenvalue weighted by Gasteiger charge is 2.14. The van der Waals surface area contributed by atoms with Crippen LogP contribution in [0.15, 0.2) is 47.5 Å². The highest BCUT2D eigenvalue weighted by atomic mass is 32.2. The molecule has 2 N–H and O–H groups in total. The van der Waals surface area contributed by atoms with Crippen LogP contribution in [-0.4, -0.2) is 30.1 Å². The van der Waals surface area contributed by atoms with Crippen molar-refractivity contribution in [2.75, 3.05) is 12.4 Å². The predicted molar refractivity (Wildman–Crippen MR) is 83.0 cm³/mol. The Kier molecular flexibility index (Phi) is 3.97. The van der Waals surface area contributed by atoms with E-state index in [0.29, 0.717) is 11.5 Å². The summed E-state index contributed by atoms with van der Waals surface area (Å²) < 4.78 is 41.3. The van der Waals surface area contributed by atoms with Gasteiger partial charge in [0.05, 0.1) is 17.1 Å². The number of aromatic nitrogens is 3. The first kappa shape index (κ1) is 15.4. The van der Waals surface area contributed by atoms with Gasteiger partial charge in [-0.05, 0) is 37.4 Å². The Bertz CT molecular complexity index is 955. The van der Waals surface area contributed by atoms with Crippen LogP contribution in [0.4, 0.5) is 10.1 Å². The van der Waals surface area contributed by atoms with E-state index in [1.165, 1.54) is 19.2 Å². The van der Waals surface area contributed by atoms with Gasteiger partial charge in [0.15, 0.2) is 11.5 Å². The number of anilines is 1. The second-order valence-corrected chi connectivity index (χ2v) is 6.63. The molecule has 23 heavy (non-hydrogen) atoms. The summed E-state index contributed by atoms with van der Waals surface area (Å²) in [4.78, 5) is -0.129. The lowest BCUT2D eigenvalue weighted by molar-refractivity contribution is 0.584. The van der Waals surface area contributed by atoms with Crippen molar-refractivity contribution in [1.29, 1.82) is 0 Å². The Morgan fingerprint density at radius 2 is 2.04 bits per heavy atom. The number of rotatable bonds is 5. The van der Waals surface area contributed by atoms with Crippen LogP contribution >= 0.6 is 0 Å². The van der Waals surface area contributed by atoms with Crippen molar-refractivity contribution >= 4 is 21.4 Å². The molecule has 7 nitrogen and oxygen atoms in total. The van der Waals surface area contributed by atoms with Gasteiger partial charge in [0.2, 0.25) is 10.0 Å². The third-order valence-corrected chi connectivity index (χ3v) is 4.75. The molecule has 2 heterocycles. The van der Waals surface area contributed by atoms with Crippen LogP contribution in [0.5, 0.6) is 0 Å². The van der Waals surface area contributed by atoms with E-state index in [0.717, 1.165) is 6.07 Å². The quantitative estimate of drug-likeness (QED) is 0.735. The lowest BCUT2D eigenvalue weighted by Crippen LogP contribution is -2.18. The molecule has 0 radical (unpaired) electrons. The molecular formula is C14H14FN5O2S. The molecule has 9 heteroatoms. The number of halogens is 1. The van der Waals surface area contributed by atoms with E-state index in [9.17, 15) is 12.8 Å². The summed E-state index contributed by atoms with van der Waals surface area (Å²) in [7, 11) is -2.40. The number of nitrogens with zero attached hydrogens (tertiary/aromatic N) is 3. The average molecular weight is 335 g/mol. The molecule has 0 aliphatic heterocycles. The van der Waals surface area contributed by atoms with Crippen molar-refractivity contribution in [3.05, 3.63) is 54.2 Å². The first-order valence-electron chi connectivity index (χ1n) is 6.77. The SMILES string of the molecule is CNS(=O)(=O)c1ccc(NCc2nnc3ccccn23)c(F)c1. The Morgan fingerprint density at radius 1 is 1.22 bits per heavy atom. The third kappa shape index (κ3) is 3.01. The molecule has 0 saturated carbocycles. The van der Waals surface area contributed by atoms with E-state index < -0.39 is 15.8 Å². The molecule has 120 valence electrons. The maximum atomic E-state index is 14.1. The van der Waals surface area contributed by atoms with E-state index >= 15 is 0 Å². The smallest absolute Gasteiger partial charge is 0.240 e. The second-order valence-electron chi connectivity index (χ2n) is 4.75. The van der Waals surface area contributed by atoms with Crippen molar-refractivity contribution in [2.45, 2.75) is 11.4 Å². The third-order valence-electron chi connectivity index (χ3n) is 3.34. The fourth-order valence-corrected chi connectivity index (χ4v) is 2.85. The molecular weight excluding hydrogens is 321 g/mol. The van der Waals surface area contributed by atoms with E-state index in [4.69, 9.17) is 0 Å². The number of pyridine rings is 1. The number of nitrogens with one attached hydrogen (secondary N) is 2. The Balaban J connectivity index is 1.81. The molecule has 1 aromatic carbocycles. The van der Waals surface area contributed by atoms with Crippen molar-refractivity contribution in [3.8, 4) is 0 Å². The van der Waals surface area contributed by atoms with Gasteiger partial charge in [0.25, 0.3) is 0 Å². The predicted octanol–water partition coefficient (Wildman–Crippen LogP) is 1.39. The van der Waals surface area contributed by atoms with Gasteiger partial charge < -0.3 is 5.32 Å². The molecule has 0 atom stereocenters. The Hall–Kier alpha value is -2.52. The van der Waals surface area contributed by atoms with Gasteiger partial charge in [-0.2, -0.15) is 0 Å². The van der Waals surface area contributed by atoms with Crippen molar-refractivity contribution < 1.29 is 12.8 Å². The van der Waals surface area contributed by atoms with Crippen LogP contribution in [-0.2, 0) is 16.6 Å². The lowest BCUT2D eigenvalue weighted by Gasteiger charge is -2.08. The molecule has 0 saturated heterocycles. The Morgan fingerprint density at radius 3 is 2.78 bits per heavy atom. The maximum absolute atomic E-state index is 14.1. The van der Waals surface area contributed by atoms with Crippen LogP contribution in [0.3, 0.4) is 0 Å². The van der Waals surface area contributed by atoms with Gasteiger partial charge >= 0.3 is 0 Å². The van der Waals surface area contributed by atoms with E-state index in [2.05, 4.69) is 20.2 Å². The second kappa shape index (κ2) is 5.94. The van der Waals surface area contributed by atoms with Gasteiger partial charge in [0.1, 0.15) is 5.82 Å². The normalized spacial score (nSPS) is 11.7. The summed E-state index contributed by atoms with van der Waals surface area (Å²) in [6.45, 7) is 0.250. The largest absolute Gasteiger partial charge is 0.375 e. The monoisotopic (exact) mass is 335 g/mol. The Labute approximate surface area is 132 Å². The fraction of sp³-hybridized carbons (Fsp3) is 0.143. The van der Waals surface area contributed by atoms with E-state index in [1.807, 2.05) is 24.4 Å². The minimum Gasteiger partial charge on any atom is -0.375 e. The molecule has 0 amide bonds. The maximum Gasteiger partial charge on any atom is 0.240 e. The number of sulfonamides is 1. The standard InChI is InChI=1S/C14H14FN5O2S/c1-16-23(21,22)10-5-6-12(11(15)8-10)17-9-14-19-18-13-4-2-3-7-20(13)14/h2-8,16-17H,9H2,1H3.